The van der Waals surface area contributed by atoms with Crippen molar-refractivity contribution in [2.45, 2.75) is 9.79 Å². The van der Waals surface area contributed by atoms with Crippen molar-refractivity contribution in [1.29, 1.82) is 0 Å². The van der Waals surface area contributed by atoms with Gasteiger partial charge in [0, 0.05) is 20.2 Å². The minimum Gasteiger partial charge on any atom is -0.383 e. The maximum Gasteiger partial charge on any atom is 0.243 e. The first kappa shape index (κ1) is 17.8. The average molecular weight is 334 g/mol. The van der Waals surface area contributed by atoms with Crippen LogP contribution < -0.4 is 5.14 Å². The second kappa shape index (κ2) is 7.14. The van der Waals surface area contributed by atoms with Crippen LogP contribution in [0.5, 0.6) is 0 Å². The number of benzene rings is 1. The van der Waals surface area contributed by atoms with E-state index >= 15 is 0 Å². The Morgan fingerprint density at radius 2 is 1.90 bits per heavy atom. The summed E-state index contributed by atoms with van der Waals surface area (Å²) < 4.78 is 53.6. The zero-order valence-corrected chi connectivity index (χ0v) is 13.2. The van der Waals surface area contributed by atoms with Gasteiger partial charge < -0.3 is 4.74 Å². The molecule has 0 spiro atoms. The van der Waals surface area contributed by atoms with Crippen LogP contribution in [-0.4, -0.2) is 47.9 Å². The van der Waals surface area contributed by atoms with Gasteiger partial charge >= 0.3 is 0 Å². The lowest BCUT2D eigenvalue weighted by atomic mass is 10.4. The van der Waals surface area contributed by atoms with E-state index in [2.05, 4.69) is 6.58 Å². The molecule has 2 N–H and O–H groups in total. The summed E-state index contributed by atoms with van der Waals surface area (Å²) in [5, 5.41) is 5.01. The normalized spacial score (nSPS) is 12.5. The number of sulfonamides is 2. The van der Waals surface area contributed by atoms with E-state index in [0.717, 1.165) is 10.4 Å². The lowest BCUT2D eigenvalue weighted by molar-refractivity contribution is 0.182. The Labute approximate surface area is 125 Å². The molecule has 0 saturated carbocycles. The molecule has 0 aliphatic heterocycles. The van der Waals surface area contributed by atoms with Crippen molar-refractivity contribution in [3.8, 4) is 0 Å². The summed E-state index contributed by atoms with van der Waals surface area (Å²) in [6.07, 6.45) is 1.44. The molecule has 1 aromatic carbocycles. The first-order chi connectivity index (χ1) is 9.73. The predicted molar refractivity (Wildman–Crippen MR) is 78.6 cm³/mol. The molecule has 0 atom stereocenters. The van der Waals surface area contributed by atoms with Gasteiger partial charge in [-0.1, -0.05) is 12.1 Å². The molecule has 0 amide bonds. The van der Waals surface area contributed by atoms with E-state index in [-0.39, 0.29) is 29.5 Å². The lowest BCUT2D eigenvalue weighted by Gasteiger charge is -2.20. The van der Waals surface area contributed by atoms with Crippen LogP contribution >= 0.6 is 0 Å². The highest BCUT2D eigenvalue weighted by atomic mass is 32.2. The fourth-order valence-corrected chi connectivity index (χ4v) is 3.68. The highest BCUT2D eigenvalue weighted by molar-refractivity contribution is 7.90. The van der Waals surface area contributed by atoms with Crippen LogP contribution in [0.4, 0.5) is 0 Å². The second-order valence-corrected chi connectivity index (χ2v) is 7.66. The third kappa shape index (κ3) is 4.61. The topological polar surface area (TPSA) is 107 Å². The van der Waals surface area contributed by atoms with Crippen molar-refractivity contribution in [3.63, 3.8) is 0 Å². The summed E-state index contributed by atoms with van der Waals surface area (Å²) in [5.41, 5.74) is 0. The average Bonchev–Trinajstić information content (AvgIpc) is 2.42. The Morgan fingerprint density at radius 3 is 2.43 bits per heavy atom. The smallest absolute Gasteiger partial charge is 0.243 e. The van der Waals surface area contributed by atoms with Crippen LogP contribution in [0.15, 0.2) is 46.7 Å². The predicted octanol–water partition coefficient (Wildman–Crippen LogP) is 0.157. The van der Waals surface area contributed by atoms with E-state index in [1.54, 1.807) is 0 Å². The number of nitrogens with zero attached hydrogens (tertiary/aromatic N) is 1. The monoisotopic (exact) mass is 334 g/mol. The van der Waals surface area contributed by atoms with Gasteiger partial charge in [-0.25, -0.2) is 22.0 Å². The summed E-state index contributed by atoms with van der Waals surface area (Å²) >= 11 is 0. The standard InChI is InChI=1S/C12H18N2O5S2/c1-3-7-14(8-9-19-2)21(17,18)12-6-4-5-11(10-12)20(13,15)16/h3-6,10H,1,7-9H2,2H3,(H2,13,15,16). The molecule has 0 bridgehead atoms. The van der Waals surface area contributed by atoms with Crippen molar-refractivity contribution in [1.82, 2.24) is 4.31 Å². The zero-order chi connectivity index (χ0) is 16.1. The van der Waals surface area contributed by atoms with Gasteiger partial charge in [0.25, 0.3) is 0 Å². The quantitative estimate of drug-likeness (QED) is 0.681. The Morgan fingerprint density at radius 1 is 1.29 bits per heavy atom. The lowest BCUT2D eigenvalue weighted by Crippen LogP contribution is -2.34. The number of hydrogen-bond acceptors (Lipinski definition) is 5. The highest BCUT2D eigenvalue weighted by Gasteiger charge is 2.24. The molecule has 118 valence electrons. The van der Waals surface area contributed by atoms with Gasteiger partial charge in [0.15, 0.2) is 0 Å². The molecule has 0 fully saturated rings. The maximum atomic E-state index is 12.5. The van der Waals surface area contributed by atoms with Crippen LogP contribution in [-0.2, 0) is 24.8 Å². The molecular weight excluding hydrogens is 316 g/mol. The van der Waals surface area contributed by atoms with E-state index in [1.807, 2.05) is 0 Å². The van der Waals surface area contributed by atoms with Crippen LogP contribution in [0.1, 0.15) is 0 Å². The number of hydrogen-bond donors (Lipinski definition) is 1. The van der Waals surface area contributed by atoms with Crippen LogP contribution in [0.2, 0.25) is 0 Å². The first-order valence-corrected chi connectivity index (χ1v) is 8.95. The SMILES string of the molecule is C=CCN(CCOC)S(=O)(=O)c1cccc(S(N)(=O)=O)c1. The number of ether oxygens (including phenoxy) is 1. The first-order valence-electron chi connectivity index (χ1n) is 5.96. The van der Waals surface area contributed by atoms with Gasteiger partial charge in [0.2, 0.25) is 20.0 Å². The minimum absolute atomic E-state index is 0.0886. The van der Waals surface area contributed by atoms with Crippen LogP contribution in [0, 0.1) is 0 Å². The van der Waals surface area contributed by atoms with E-state index in [0.29, 0.717) is 0 Å². The second-order valence-electron chi connectivity index (χ2n) is 4.16. The van der Waals surface area contributed by atoms with E-state index in [9.17, 15) is 16.8 Å². The third-order valence-electron chi connectivity index (χ3n) is 2.65. The maximum absolute atomic E-state index is 12.5. The molecule has 1 aromatic rings. The summed E-state index contributed by atoms with van der Waals surface area (Å²) in [6.45, 7) is 3.94. The molecule has 0 unspecified atom stereocenters. The Hall–Kier alpha value is -1.26. The van der Waals surface area contributed by atoms with Gasteiger partial charge in [-0.2, -0.15) is 4.31 Å². The molecule has 7 nitrogen and oxygen atoms in total. The van der Waals surface area contributed by atoms with Crippen molar-refractivity contribution >= 4 is 20.0 Å². The third-order valence-corrected chi connectivity index (χ3v) is 5.42. The Kier molecular flexibility index (Phi) is 6.05. The Balaban J connectivity index is 3.24. The van der Waals surface area contributed by atoms with Gasteiger partial charge in [-0.3, -0.25) is 0 Å². The molecule has 0 aliphatic carbocycles. The van der Waals surface area contributed by atoms with Gasteiger partial charge in [0.1, 0.15) is 0 Å². The molecule has 0 aliphatic rings. The largest absolute Gasteiger partial charge is 0.383 e. The summed E-state index contributed by atoms with van der Waals surface area (Å²) in [7, 11) is -6.37. The molecule has 0 heterocycles. The van der Waals surface area contributed by atoms with Gasteiger partial charge in [-0.15, -0.1) is 6.58 Å². The van der Waals surface area contributed by atoms with Crippen LogP contribution in [0.25, 0.3) is 0 Å². The number of methoxy groups -OCH3 is 1. The number of nitrogens with two attached hydrogens (primary N) is 1. The van der Waals surface area contributed by atoms with Gasteiger partial charge in [0.05, 0.1) is 16.4 Å². The molecule has 21 heavy (non-hydrogen) atoms. The van der Waals surface area contributed by atoms with Crippen molar-refractivity contribution in [2.75, 3.05) is 26.8 Å². The molecule has 0 radical (unpaired) electrons. The number of rotatable bonds is 8. The summed E-state index contributed by atoms with van der Waals surface area (Å²) in [5.74, 6) is 0. The molecule has 1 rings (SSSR count). The molecule has 0 saturated heterocycles. The fraction of sp³-hybridized carbons (Fsp3) is 0.333. The van der Waals surface area contributed by atoms with E-state index in [4.69, 9.17) is 9.88 Å². The zero-order valence-electron chi connectivity index (χ0n) is 11.6. The van der Waals surface area contributed by atoms with Crippen molar-refractivity contribution in [2.24, 2.45) is 5.14 Å². The summed E-state index contributed by atoms with van der Waals surface area (Å²) in [6, 6.07) is 4.91. The number of primary sulfonamides is 1. The fourth-order valence-electron chi connectivity index (χ4n) is 1.61. The summed E-state index contributed by atoms with van der Waals surface area (Å²) in [4.78, 5) is -0.402. The van der Waals surface area contributed by atoms with Crippen molar-refractivity contribution < 1.29 is 21.6 Å². The molecule has 9 heteroatoms. The highest BCUT2D eigenvalue weighted by Crippen LogP contribution is 2.19. The van der Waals surface area contributed by atoms with Gasteiger partial charge in [-0.05, 0) is 18.2 Å². The Bertz CT molecular complexity index is 698. The minimum atomic E-state index is -3.97. The van der Waals surface area contributed by atoms with E-state index < -0.39 is 20.0 Å². The van der Waals surface area contributed by atoms with E-state index in [1.165, 1.54) is 31.4 Å². The molecular formula is C12H18N2O5S2. The molecule has 0 aromatic heterocycles. The van der Waals surface area contributed by atoms with Crippen molar-refractivity contribution in [3.05, 3.63) is 36.9 Å². The van der Waals surface area contributed by atoms with Crippen LogP contribution in [0.3, 0.4) is 0 Å².